The number of amides is 2. The second-order valence-electron chi connectivity index (χ2n) is 6.65. The van der Waals surface area contributed by atoms with Crippen LogP contribution in [-0.2, 0) is 16.9 Å². The first-order valence-electron chi connectivity index (χ1n) is 9.72. The highest BCUT2D eigenvalue weighted by Crippen LogP contribution is 2.36. The molecule has 0 fully saturated rings. The number of aromatic amines is 1. The van der Waals surface area contributed by atoms with Gasteiger partial charge in [-0.3, -0.25) is 0 Å². The number of urea groups is 1. The van der Waals surface area contributed by atoms with Gasteiger partial charge in [0, 0.05) is 12.2 Å². The minimum atomic E-state index is -4.61. The molecular weight excluding hydrogens is 488 g/mol. The lowest BCUT2D eigenvalue weighted by molar-refractivity contribution is -0.137. The van der Waals surface area contributed by atoms with Crippen LogP contribution in [0, 0.1) is 0 Å². The third kappa shape index (κ3) is 6.92. The van der Waals surface area contributed by atoms with E-state index in [2.05, 4.69) is 20.6 Å². The molecule has 11 heteroatoms. The van der Waals surface area contributed by atoms with Crippen molar-refractivity contribution in [2.45, 2.75) is 37.7 Å². The lowest BCUT2D eigenvalue weighted by Gasteiger charge is -2.12. The molecule has 0 radical (unpaired) electrons. The predicted octanol–water partition coefficient (Wildman–Crippen LogP) is 7.28. The Morgan fingerprint density at radius 2 is 1.81 bits per heavy atom. The molecule has 1 aromatic heterocycles. The number of imidazole rings is 1. The lowest BCUT2D eigenvalue weighted by Crippen LogP contribution is -2.30. The quantitative estimate of drug-likeness (QED) is 0.316. The molecule has 3 N–H and O–H groups in total. The number of hydrogen-bond acceptors (Lipinski definition) is 2. The molecule has 0 aliphatic rings. The van der Waals surface area contributed by atoms with E-state index in [9.17, 15) is 18.0 Å². The smallest absolute Gasteiger partial charge is 0.339 e. The van der Waals surface area contributed by atoms with Gasteiger partial charge in [-0.25, -0.2) is 9.78 Å². The van der Waals surface area contributed by atoms with E-state index >= 15 is 0 Å². The van der Waals surface area contributed by atoms with Crippen LogP contribution in [0.15, 0.2) is 36.4 Å². The van der Waals surface area contributed by atoms with Crippen LogP contribution in [0.25, 0.3) is 11.0 Å². The summed E-state index contributed by atoms with van der Waals surface area (Å²) in [5.74, 6) is 0.427. The van der Waals surface area contributed by atoms with Crippen LogP contribution in [0.3, 0.4) is 0 Å². The van der Waals surface area contributed by atoms with Crippen LogP contribution < -0.4 is 10.6 Å². The molecule has 0 saturated heterocycles. The summed E-state index contributed by atoms with van der Waals surface area (Å²) >= 11 is 17.7. The summed E-state index contributed by atoms with van der Waals surface area (Å²) in [5.41, 5.74) is 1.34. The second-order valence-corrected chi connectivity index (χ2v) is 8.76. The maximum atomic E-state index is 12.9. The summed E-state index contributed by atoms with van der Waals surface area (Å²) in [5, 5.41) is 4.53. The van der Waals surface area contributed by atoms with Crippen molar-refractivity contribution in [3.05, 3.63) is 58.4 Å². The number of nitrogens with one attached hydrogen (secondary N) is 3. The van der Waals surface area contributed by atoms with Crippen molar-refractivity contribution < 1.29 is 18.0 Å². The normalized spacial score (nSPS) is 11.7. The summed E-state index contributed by atoms with van der Waals surface area (Å²) in [4.78, 5) is 19.4. The molecule has 2 amide bonds. The van der Waals surface area contributed by atoms with Crippen molar-refractivity contribution in [2.75, 3.05) is 11.9 Å². The average Bonchev–Trinajstić information content (AvgIpc) is 3.14. The Morgan fingerprint density at radius 1 is 1.12 bits per heavy atom. The lowest BCUT2D eigenvalue weighted by atomic mass is 10.1. The van der Waals surface area contributed by atoms with E-state index in [1.807, 2.05) is 26.0 Å². The summed E-state index contributed by atoms with van der Waals surface area (Å²) in [6.45, 7) is 5.87. The third-order valence-electron chi connectivity index (χ3n) is 4.19. The Kier molecular flexibility index (Phi) is 8.67. The number of anilines is 1. The van der Waals surface area contributed by atoms with Crippen LogP contribution in [-0.4, -0.2) is 22.5 Å². The monoisotopic (exact) mass is 508 g/mol. The number of H-pyrrole nitrogens is 1. The molecule has 0 atom stereocenters. The molecule has 1 heterocycles. The van der Waals surface area contributed by atoms with Crippen molar-refractivity contribution in [2.24, 2.45) is 0 Å². The number of aromatic nitrogens is 2. The fourth-order valence-electron chi connectivity index (χ4n) is 2.74. The van der Waals surface area contributed by atoms with Crippen molar-refractivity contribution in [3.63, 3.8) is 0 Å². The Hall–Kier alpha value is -2.16. The predicted molar refractivity (Wildman–Crippen MR) is 124 cm³/mol. The number of hydrogen-bond donors (Lipinski definition) is 3. The fraction of sp³-hybridized carbons (Fsp3) is 0.333. The molecule has 0 aliphatic carbocycles. The maximum absolute atomic E-state index is 12.9. The Morgan fingerprint density at radius 3 is 2.44 bits per heavy atom. The number of nitrogens with zero attached hydrogens (tertiary/aromatic N) is 1. The number of fused-ring (bicyclic) bond motifs is 1. The van der Waals surface area contributed by atoms with Crippen LogP contribution in [0.4, 0.5) is 23.7 Å². The minimum Gasteiger partial charge on any atom is -0.339 e. The molecule has 0 spiro atoms. The molecule has 3 aromatic rings. The third-order valence-corrected chi connectivity index (χ3v) is 4.88. The molecular formula is C21H22Cl3F3N4O. The van der Waals surface area contributed by atoms with Gasteiger partial charge in [-0.15, -0.1) is 0 Å². The molecule has 2 aromatic carbocycles. The van der Waals surface area contributed by atoms with Gasteiger partial charge in [0.15, 0.2) is 4.33 Å². The largest absolute Gasteiger partial charge is 0.417 e. The van der Waals surface area contributed by atoms with Crippen LogP contribution in [0.5, 0.6) is 0 Å². The van der Waals surface area contributed by atoms with Gasteiger partial charge in [-0.05, 0) is 49.2 Å². The summed E-state index contributed by atoms with van der Waals surface area (Å²) in [6.07, 6.45) is -4.12. The first kappa shape index (κ1) is 26.1. The van der Waals surface area contributed by atoms with Crippen molar-refractivity contribution in [3.8, 4) is 0 Å². The first-order valence-corrected chi connectivity index (χ1v) is 10.9. The minimum absolute atomic E-state index is 0.0131. The van der Waals surface area contributed by atoms with Crippen LogP contribution in [0.1, 0.15) is 37.7 Å². The van der Waals surface area contributed by atoms with Crippen molar-refractivity contribution >= 4 is 57.6 Å². The fourth-order valence-corrected chi connectivity index (χ4v) is 3.14. The van der Waals surface area contributed by atoms with E-state index in [-0.39, 0.29) is 12.2 Å². The molecule has 0 aliphatic heterocycles. The maximum Gasteiger partial charge on any atom is 0.417 e. The number of alkyl halides is 5. The highest BCUT2D eigenvalue weighted by molar-refractivity contribution is 6.47. The van der Waals surface area contributed by atoms with E-state index in [1.165, 1.54) is 6.07 Å². The zero-order valence-electron chi connectivity index (χ0n) is 17.5. The molecule has 0 bridgehead atoms. The Balaban J connectivity index is 0.00000176. The van der Waals surface area contributed by atoms with E-state index in [0.717, 1.165) is 23.2 Å². The zero-order valence-corrected chi connectivity index (χ0v) is 19.8. The molecule has 0 unspecified atom stereocenters. The number of carbonyl (C=O) groups is 1. The highest BCUT2D eigenvalue weighted by atomic mass is 35.5. The van der Waals surface area contributed by atoms with Crippen molar-refractivity contribution in [1.29, 1.82) is 0 Å². The number of rotatable bonds is 5. The van der Waals surface area contributed by atoms with E-state index < -0.39 is 27.1 Å². The van der Waals surface area contributed by atoms with E-state index in [1.54, 1.807) is 13.0 Å². The molecule has 174 valence electrons. The molecule has 0 saturated carbocycles. The summed E-state index contributed by atoms with van der Waals surface area (Å²) in [7, 11) is 0. The van der Waals surface area contributed by atoms with Crippen molar-refractivity contribution in [1.82, 2.24) is 15.3 Å². The molecule has 32 heavy (non-hydrogen) atoms. The number of carbonyl (C=O) groups excluding carboxylic acids is 1. The van der Waals surface area contributed by atoms with Gasteiger partial charge in [0.2, 0.25) is 0 Å². The van der Waals surface area contributed by atoms with E-state index in [0.29, 0.717) is 17.8 Å². The van der Waals surface area contributed by atoms with Crippen LogP contribution in [0.2, 0.25) is 5.02 Å². The van der Waals surface area contributed by atoms with Gasteiger partial charge >= 0.3 is 12.2 Å². The average molecular weight is 510 g/mol. The SMILES string of the molecule is CC.CC(Cl)(Cl)c1nc2ccc(CCNC(=O)Nc3ccc(Cl)c(C(F)(F)F)c3)cc2[nH]1. The van der Waals surface area contributed by atoms with Gasteiger partial charge in [-0.2, -0.15) is 13.2 Å². The Labute approximate surface area is 198 Å². The summed E-state index contributed by atoms with van der Waals surface area (Å²) < 4.78 is 37.6. The topological polar surface area (TPSA) is 69.8 Å². The standard InChI is InChI=1S/C19H16Cl3F3N4O.C2H6/c1-18(21,22)16-28-14-5-2-10(8-15(14)29-16)6-7-26-17(30)27-11-3-4-13(20)12(9-11)19(23,24)25;1-2/h2-5,8-9H,6-7H2,1H3,(H,28,29)(H2,26,27,30);1-2H3. The number of halogens is 6. The highest BCUT2D eigenvalue weighted by Gasteiger charge is 2.33. The van der Waals surface area contributed by atoms with E-state index in [4.69, 9.17) is 34.8 Å². The first-order chi connectivity index (χ1) is 14.9. The van der Waals surface area contributed by atoms with Crippen LogP contribution >= 0.6 is 34.8 Å². The molecule has 3 rings (SSSR count). The van der Waals surface area contributed by atoms with Gasteiger partial charge in [0.1, 0.15) is 5.82 Å². The molecule has 5 nitrogen and oxygen atoms in total. The number of benzene rings is 2. The van der Waals surface area contributed by atoms with Gasteiger partial charge < -0.3 is 15.6 Å². The summed E-state index contributed by atoms with van der Waals surface area (Å²) in [6, 6.07) is 8.04. The van der Waals surface area contributed by atoms with Gasteiger partial charge in [-0.1, -0.05) is 54.7 Å². The Bertz CT molecular complexity index is 1080. The van der Waals surface area contributed by atoms with Gasteiger partial charge in [0.05, 0.1) is 21.6 Å². The van der Waals surface area contributed by atoms with Gasteiger partial charge in [0.25, 0.3) is 0 Å². The zero-order chi connectivity index (χ0) is 24.1. The second kappa shape index (κ2) is 10.6.